The smallest absolute Gasteiger partial charge is 0.315 e. The van der Waals surface area contributed by atoms with Crippen molar-refractivity contribution >= 4 is 11.8 Å². The van der Waals surface area contributed by atoms with Crippen LogP contribution in [-0.2, 0) is 15.0 Å². The molecule has 0 bridgehead atoms. The fraction of sp³-hybridized carbons (Fsp3) is 0.385. The van der Waals surface area contributed by atoms with E-state index >= 15 is 0 Å². The summed E-state index contributed by atoms with van der Waals surface area (Å²) < 4.78 is 5.43. The molecule has 1 fully saturated rings. The molecule has 0 spiro atoms. The maximum atomic E-state index is 11.4. The minimum Gasteiger partial charge on any atom is -0.494 e. The SMILES string of the molecule is CCOc1ccccc1C1(C(=O)O)CC(=O)C1. The summed E-state index contributed by atoms with van der Waals surface area (Å²) in [6, 6.07) is 7.04. The maximum Gasteiger partial charge on any atom is 0.315 e. The highest BCUT2D eigenvalue weighted by molar-refractivity contribution is 6.01. The van der Waals surface area contributed by atoms with Crippen molar-refractivity contribution in [2.24, 2.45) is 0 Å². The van der Waals surface area contributed by atoms with Crippen LogP contribution < -0.4 is 4.74 Å². The molecule has 1 aliphatic carbocycles. The highest BCUT2D eigenvalue weighted by Crippen LogP contribution is 2.45. The third-order valence-corrected chi connectivity index (χ3v) is 3.11. The molecule has 17 heavy (non-hydrogen) atoms. The van der Waals surface area contributed by atoms with Crippen LogP contribution in [0.5, 0.6) is 5.75 Å². The molecule has 0 heterocycles. The Labute approximate surface area is 99.2 Å². The molecule has 4 nitrogen and oxygen atoms in total. The third kappa shape index (κ3) is 1.79. The summed E-state index contributed by atoms with van der Waals surface area (Å²) in [5.74, 6) is -0.409. The van der Waals surface area contributed by atoms with E-state index in [1.807, 2.05) is 6.92 Å². The van der Waals surface area contributed by atoms with Crippen molar-refractivity contribution in [2.75, 3.05) is 6.61 Å². The van der Waals surface area contributed by atoms with Gasteiger partial charge >= 0.3 is 5.97 Å². The molecule has 1 aliphatic rings. The molecule has 1 saturated carbocycles. The molecule has 0 saturated heterocycles. The number of rotatable bonds is 4. The van der Waals surface area contributed by atoms with E-state index in [0.717, 1.165) is 0 Å². The number of carboxylic acids is 1. The molecular weight excluding hydrogens is 220 g/mol. The van der Waals surface area contributed by atoms with E-state index in [-0.39, 0.29) is 18.6 Å². The van der Waals surface area contributed by atoms with Gasteiger partial charge in [0, 0.05) is 18.4 Å². The van der Waals surface area contributed by atoms with Gasteiger partial charge < -0.3 is 9.84 Å². The van der Waals surface area contributed by atoms with Crippen molar-refractivity contribution in [3.05, 3.63) is 29.8 Å². The summed E-state index contributed by atoms with van der Waals surface area (Å²) in [5, 5.41) is 9.34. The first-order chi connectivity index (χ1) is 8.10. The van der Waals surface area contributed by atoms with Gasteiger partial charge in [-0.25, -0.2) is 0 Å². The van der Waals surface area contributed by atoms with Crippen molar-refractivity contribution in [2.45, 2.75) is 25.2 Å². The Morgan fingerprint density at radius 1 is 1.41 bits per heavy atom. The van der Waals surface area contributed by atoms with E-state index in [4.69, 9.17) is 4.74 Å². The van der Waals surface area contributed by atoms with Gasteiger partial charge in [0.2, 0.25) is 0 Å². The number of benzene rings is 1. The van der Waals surface area contributed by atoms with Crippen LogP contribution in [0.15, 0.2) is 24.3 Å². The lowest BCUT2D eigenvalue weighted by Crippen LogP contribution is -2.48. The number of hydrogen-bond acceptors (Lipinski definition) is 3. The van der Waals surface area contributed by atoms with Gasteiger partial charge in [-0.1, -0.05) is 18.2 Å². The highest BCUT2D eigenvalue weighted by Gasteiger charge is 2.52. The number of ketones is 1. The van der Waals surface area contributed by atoms with E-state index < -0.39 is 11.4 Å². The lowest BCUT2D eigenvalue weighted by molar-refractivity contribution is -0.153. The number of para-hydroxylation sites is 1. The molecule has 0 atom stereocenters. The first-order valence-electron chi connectivity index (χ1n) is 5.57. The van der Waals surface area contributed by atoms with Crippen molar-refractivity contribution in [1.82, 2.24) is 0 Å². The second-order valence-corrected chi connectivity index (χ2v) is 4.21. The molecule has 4 heteroatoms. The zero-order chi connectivity index (χ0) is 12.5. The Morgan fingerprint density at radius 2 is 2.06 bits per heavy atom. The molecular formula is C13H14O4. The summed E-state index contributed by atoms with van der Waals surface area (Å²) in [5.41, 5.74) is -0.475. The number of ether oxygens (including phenoxy) is 1. The van der Waals surface area contributed by atoms with Crippen molar-refractivity contribution in [1.29, 1.82) is 0 Å². The van der Waals surface area contributed by atoms with Crippen LogP contribution in [-0.4, -0.2) is 23.5 Å². The third-order valence-electron chi connectivity index (χ3n) is 3.11. The topological polar surface area (TPSA) is 63.6 Å². The summed E-state index contributed by atoms with van der Waals surface area (Å²) in [7, 11) is 0. The molecule has 0 unspecified atom stereocenters. The molecule has 1 N–H and O–H groups in total. The zero-order valence-corrected chi connectivity index (χ0v) is 9.60. The maximum absolute atomic E-state index is 11.4. The number of carbonyl (C=O) groups excluding carboxylic acids is 1. The Morgan fingerprint density at radius 3 is 2.59 bits per heavy atom. The van der Waals surface area contributed by atoms with Gasteiger partial charge in [0.05, 0.1) is 6.61 Å². The van der Waals surface area contributed by atoms with Crippen molar-refractivity contribution in [3.8, 4) is 5.75 Å². The van der Waals surface area contributed by atoms with Gasteiger partial charge in [-0.15, -0.1) is 0 Å². The lowest BCUT2D eigenvalue weighted by atomic mass is 9.63. The average Bonchev–Trinajstić information content (AvgIpc) is 2.25. The van der Waals surface area contributed by atoms with Crippen LogP contribution in [0.25, 0.3) is 0 Å². The van der Waals surface area contributed by atoms with Crippen LogP contribution in [0.1, 0.15) is 25.3 Å². The zero-order valence-electron chi connectivity index (χ0n) is 9.60. The van der Waals surface area contributed by atoms with E-state index in [9.17, 15) is 14.7 Å². The minimum absolute atomic E-state index is 0.0151. The quantitative estimate of drug-likeness (QED) is 0.862. The van der Waals surface area contributed by atoms with Crippen LogP contribution in [0.3, 0.4) is 0 Å². The Balaban J connectivity index is 2.44. The number of carbonyl (C=O) groups is 2. The second-order valence-electron chi connectivity index (χ2n) is 4.21. The summed E-state index contributed by atoms with van der Waals surface area (Å²) in [6.07, 6.45) is 0.124. The second kappa shape index (κ2) is 4.20. The van der Waals surface area contributed by atoms with Crippen molar-refractivity contribution < 1.29 is 19.4 Å². The summed E-state index contributed by atoms with van der Waals surface area (Å²) in [4.78, 5) is 22.6. The van der Waals surface area contributed by atoms with E-state index in [0.29, 0.717) is 17.9 Å². The summed E-state index contributed by atoms with van der Waals surface area (Å²) >= 11 is 0. The fourth-order valence-corrected chi connectivity index (χ4v) is 2.22. The lowest BCUT2D eigenvalue weighted by Gasteiger charge is -2.37. The molecule has 0 radical (unpaired) electrons. The molecule has 1 aromatic carbocycles. The Kier molecular flexibility index (Phi) is 2.88. The standard InChI is InChI=1S/C13H14O4/c1-2-17-11-6-4-3-5-10(11)13(12(15)16)7-9(14)8-13/h3-6H,2,7-8H2,1H3,(H,15,16). The van der Waals surface area contributed by atoms with Gasteiger partial charge in [-0.3, -0.25) is 9.59 Å². The van der Waals surface area contributed by atoms with E-state index in [1.54, 1.807) is 24.3 Å². The first kappa shape index (κ1) is 11.6. The van der Waals surface area contributed by atoms with Crippen LogP contribution in [0, 0.1) is 0 Å². The monoisotopic (exact) mass is 234 g/mol. The predicted octanol–water partition coefficient (Wildman–Crippen LogP) is 1.77. The van der Waals surface area contributed by atoms with Gasteiger partial charge in [0.25, 0.3) is 0 Å². The highest BCUT2D eigenvalue weighted by atomic mass is 16.5. The normalized spacial score (nSPS) is 17.4. The number of aliphatic carboxylic acids is 1. The van der Waals surface area contributed by atoms with Gasteiger partial charge in [-0.05, 0) is 13.0 Å². The van der Waals surface area contributed by atoms with E-state index in [1.165, 1.54) is 0 Å². The Bertz CT molecular complexity index is 456. The largest absolute Gasteiger partial charge is 0.494 e. The van der Waals surface area contributed by atoms with Crippen LogP contribution in [0.2, 0.25) is 0 Å². The van der Waals surface area contributed by atoms with E-state index in [2.05, 4.69) is 0 Å². The number of carboxylic acid groups (broad SMARTS) is 1. The number of Topliss-reactive ketones (excluding diaryl/α,β-unsaturated/α-hetero) is 1. The van der Waals surface area contributed by atoms with Gasteiger partial charge in [0.1, 0.15) is 16.9 Å². The van der Waals surface area contributed by atoms with Gasteiger partial charge in [0.15, 0.2) is 0 Å². The van der Waals surface area contributed by atoms with Crippen LogP contribution >= 0.6 is 0 Å². The molecule has 1 aromatic rings. The first-order valence-corrected chi connectivity index (χ1v) is 5.57. The van der Waals surface area contributed by atoms with Crippen LogP contribution in [0.4, 0.5) is 0 Å². The average molecular weight is 234 g/mol. The minimum atomic E-state index is -1.08. The van der Waals surface area contributed by atoms with Gasteiger partial charge in [-0.2, -0.15) is 0 Å². The molecule has 0 aromatic heterocycles. The van der Waals surface area contributed by atoms with Crippen molar-refractivity contribution in [3.63, 3.8) is 0 Å². The fourth-order valence-electron chi connectivity index (χ4n) is 2.22. The molecule has 90 valence electrons. The molecule has 2 rings (SSSR count). The summed E-state index contributed by atoms with van der Waals surface area (Å²) in [6.45, 7) is 2.32. The Hall–Kier alpha value is -1.84. The predicted molar refractivity (Wildman–Crippen MR) is 61.2 cm³/mol. The molecule has 0 aliphatic heterocycles. The molecule has 0 amide bonds. The number of hydrogen-bond donors (Lipinski definition) is 1.